The van der Waals surface area contributed by atoms with E-state index in [-0.39, 0.29) is 54.8 Å². The van der Waals surface area contributed by atoms with Crippen LogP contribution in [0.2, 0.25) is 0 Å². The van der Waals surface area contributed by atoms with Gasteiger partial charge in [-0.25, -0.2) is 9.18 Å². The zero-order valence-corrected chi connectivity index (χ0v) is 18.5. The molecular weight excluding hydrogens is 439 g/mol. The molecule has 0 spiro atoms. The highest BCUT2D eigenvalue weighted by Gasteiger charge is 2.62. The van der Waals surface area contributed by atoms with Gasteiger partial charge in [0.25, 0.3) is 0 Å². The van der Waals surface area contributed by atoms with Crippen molar-refractivity contribution in [2.24, 2.45) is 11.8 Å². The first-order chi connectivity index (χ1) is 16.4. The van der Waals surface area contributed by atoms with Crippen molar-refractivity contribution in [3.63, 3.8) is 0 Å². The van der Waals surface area contributed by atoms with Gasteiger partial charge in [-0.1, -0.05) is 30.3 Å². The third kappa shape index (κ3) is 3.27. The molecule has 2 aromatic carbocycles. The Hall–Kier alpha value is -3.42. The van der Waals surface area contributed by atoms with Gasteiger partial charge in [-0.2, -0.15) is 0 Å². The summed E-state index contributed by atoms with van der Waals surface area (Å²) in [6.07, 6.45) is 1.26. The van der Waals surface area contributed by atoms with Gasteiger partial charge in [0.15, 0.2) is 0 Å². The number of ether oxygens (including phenoxy) is 1. The highest BCUT2D eigenvalue weighted by Crippen LogP contribution is 2.61. The van der Waals surface area contributed by atoms with Crippen LogP contribution in [-0.2, 0) is 14.3 Å². The number of amides is 2. The van der Waals surface area contributed by atoms with Crippen molar-refractivity contribution < 1.29 is 28.6 Å². The van der Waals surface area contributed by atoms with Crippen molar-refractivity contribution in [3.05, 3.63) is 65.5 Å². The fourth-order valence-electron chi connectivity index (χ4n) is 6.16. The number of benzene rings is 2. The maximum Gasteiger partial charge on any atom is 0.415 e. The third-order valence-electron chi connectivity index (χ3n) is 7.72. The Kier molecular flexibility index (Phi) is 4.86. The number of cyclic esters (lactones) is 1. The van der Waals surface area contributed by atoms with Gasteiger partial charge in [0.1, 0.15) is 11.9 Å². The summed E-state index contributed by atoms with van der Waals surface area (Å²) in [5.74, 6) is -1.68. The summed E-state index contributed by atoms with van der Waals surface area (Å²) in [4.78, 5) is 41.1. The number of aliphatic carboxylic acids is 1. The van der Waals surface area contributed by atoms with Crippen LogP contribution in [0.1, 0.15) is 55.4 Å². The van der Waals surface area contributed by atoms with Crippen LogP contribution in [0.15, 0.2) is 48.5 Å². The fourth-order valence-corrected chi connectivity index (χ4v) is 6.16. The molecular formula is C26H25FN2O5. The molecule has 2 aliphatic carbocycles. The number of carboxylic acid groups (broad SMARTS) is 1. The smallest absolute Gasteiger partial charge is 0.415 e. The van der Waals surface area contributed by atoms with E-state index in [1.54, 1.807) is 15.9 Å². The Morgan fingerprint density at radius 1 is 1.09 bits per heavy atom. The molecule has 34 heavy (non-hydrogen) atoms. The van der Waals surface area contributed by atoms with Gasteiger partial charge in [-0.3, -0.25) is 14.5 Å². The minimum Gasteiger partial charge on any atom is -0.481 e. The zero-order valence-electron chi connectivity index (χ0n) is 18.5. The number of halogens is 1. The summed E-state index contributed by atoms with van der Waals surface area (Å²) in [6.45, 7) is 0. The van der Waals surface area contributed by atoms with Crippen LogP contribution in [0.4, 0.5) is 14.9 Å². The number of carbonyl (C=O) groups excluding carboxylic acids is 2. The van der Waals surface area contributed by atoms with Gasteiger partial charge >= 0.3 is 12.1 Å². The Morgan fingerprint density at radius 2 is 1.85 bits per heavy atom. The summed E-state index contributed by atoms with van der Waals surface area (Å²) >= 11 is 0. The Balaban J connectivity index is 1.41. The van der Waals surface area contributed by atoms with E-state index in [2.05, 4.69) is 0 Å². The van der Waals surface area contributed by atoms with E-state index in [9.17, 15) is 18.8 Å². The first-order valence-electron chi connectivity index (χ1n) is 11.8. The lowest BCUT2D eigenvalue weighted by Gasteiger charge is -2.62. The second-order valence-corrected chi connectivity index (χ2v) is 9.71. The standard InChI is InChI=1S/C26H25FN2O5/c27-15-6-9-20-17(12-15)23(28(16-7-8-16)21(30)10-11-22(31)32)18-13-19-24(18)29(20)26(33)34-25(19)14-4-2-1-3-5-14/h1-6,9,12,16,18-19,23-25H,7-8,10-11,13H2,(H,31,32). The minimum absolute atomic E-state index is 0.0217. The third-order valence-corrected chi connectivity index (χ3v) is 7.72. The zero-order chi connectivity index (χ0) is 23.6. The number of nitrogens with zero attached hydrogens (tertiary/aromatic N) is 2. The molecule has 2 heterocycles. The molecule has 5 atom stereocenters. The number of carboxylic acids is 1. The van der Waals surface area contributed by atoms with Crippen LogP contribution in [0.3, 0.4) is 0 Å². The SMILES string of the molecule is O=C(O)CCC(=O)N(C1CC1)C1c2cc(F)ccc2N2C(=O)OC(c3ccccc3)C3CC1C32. The first kappa shape index (κ1) is 21.1. The largest absolute Gasteiger partial charge is 0.481 e. The maximum absolute atomic E-state index is 14.4. The van der Waals surface area contributed by atoms with Crippen molar-refractivity contribution in [1.29, 1.82) is 0 Å². The monoisotopic (exact) mass is 464 g/mol. The number of carbonyl (C=O) groups is 3. The van der Waals surface area contributed by atoms with Crippen molar-refractivity contribution >= 4 is 23.7 Å². The van der Waals surface area contributed by atoms with Crippen LogP contribution >= 0.6 is 0 Å². The summed E-state index contributed by atoms with van der Waals surface area (Å²) in [5.41, 5.74) is 2.12. The van der Waals surface area contributed by atoms with Crippen molar-refractivity contribution in [1.82, 2.24) is 4.90 Å². The topological polar surface area (TPSA) is 87.2 Å². The Bertz CT molecular complexity index is 1170. The summed E-state index contributed by atoms with van der Waals surface area (Å²) in [7, 11) is 0. The number of hydrogen-bond acceptors (Lipinski definition) is 4. The number of anilines is 1. The van der Waals surface area contributed by atoms with E-state index >= 15 is 0 Å². The lowest BCUT2D eigenvalue weighted by molar-refractivity contribution is -0.145. The summed E-state index contributed by atoms with van der Waals surface area (Å²) in [6, 6.07) is 13.5. The van der Waals surface area contributed by atoms with Crippen LogP contribution in [0, 0.1) is 17.7 Å². The van der Waals surface area contributed by atoms with Crippen LogP contribution in [-0.4, -0.2) is 40.1 Å². The molecule has 5 unspecified atom stereocenters. The highest BCUT2D eigenvalue weighted by molar-refractivity contribution is 5.92. The number of fused-ring (bicyclic) bond motifs is 2. The molecule has 2 amide bonds. The van der Waals surface area contributed by atoms with Gasteiger partial charge in [0.2, 0.25) is 5.91 Å². The van der Waals surface area contributed by atoms with Gasteiger partial charge in [-0.15, -0.1) is 0 Å². The van der Waals surface area contributed by atoms with E-state index in [4.69, 9.17) is 9.84 Å². The van der Waals surface area contributed by atoms with E-state index in [0.717, 1.165) is 24.8 Å². The predicted molar refractivity (Wildman–Crippen MR) is 119 cm³/mol. The van der Waals surface area contributed by atoms with Gasteiger partial charge in [0, 0.05) is 29.9 Å². The van der Waals surface area contributed by atoms with Crippen molar-refractivity contribution in [2.45, 2.75) is 56.3 Å². The normalized spacial score (nSPS) is 28.8. The molecule has 8 heteroatoms. The summed E-state index contributed by atoms with van der Waals surface area (Å²) in [5, 5.41) is 9.11. The van der Waals surface area contributed by atoms with Gasteiger partial charge in [0.05, 0.1) is 24.2 Å². The lowest BCUT2D eigenvalue weighted by Crippen LogP contribution is -2.67. The molecule has 7 nitrogen and oxygen atoms in total. The second-order valence-electron chi connectivity index (χ2n) is 9.71. The van der Waals surface area contributed by atoms with Gasteiger partial charge in [-0.05, 0) is 43.0 Å². The molecule has 0 aromatic heterocycles. The Morgan fingerprint density at radius 3 is 2.56 bits per heavy atom. The average molecular weight is 464 g/mol. The lowest BCUT2D eigenvalue weighted by atomic mass is 9.58. The van der Waals surface area contributed by atoms with E-state index in [0.29, 0.717) is 11.3 Å². The average Bonchev–Trinajstić information content (AvgIpc) is 3.64. The molecule has 0 radical (unpaired) electrons. The number of hydrogen-bond donors (Lipinski definition) is 1. The molecule has 1 N–H and O–H groups in total. The molecule has 2 aliphatic heterocycles. The number of rotatable bonds is 6. The minimum atomic E-state index is -1.02. The quantitative estimate of drug-likeness (QED) is 0.683. The molecule has 6 rings (SSSR count). The van der Waals surface area contributed by atoms with Crippen LogP contribution in [0.25, 0.3) is 0 Å². The molecule has 176 valence electrons. The van der Waals surface area contributed by atoms with Crippen LogP contribution < -0.4 is 4.90 Å². The second kappa shape index (κ2) is 7.82. The van der Waals surface area contributed by atoms with Gasteiger partial charge < -0.3 is 14.7 Å². The van der Waals surface area contributed by atoms with E-state index < -0.39 is 17.9 Å². The van der Waals surface area contributed by atoms with Crippen LogP contribution in [0.5, 0.6) is 0 Å². The van der Waals surface area contributed by atoms with E-state index in [1.165, 1.54) is 12.1 Å². The molecule has 2 aromatic rings. The van der Waals surface area contributed by atoms with Crippen molar-refractivity contribution in [3.8, 4) is 0 Å². The molecule has 3 fully saturated rings. The summed E-state index contributed by atoms with van der Waals surface area (Å²) < 4.78 is 20.3. The molecule has 4 aliphatic rings. The highest BCUT2D eigenvalue weighted by atomic mass is 19.1. The Labute approximate surface area is 196 Å². The molecule has 2 saturated carbocycles. The fraction of sp³-hybridized carbons (Fsp3) is 0.423. The first-order valence-corrected chi connectivity index (χ1v) is 11.8. The van der Waals surface area contributed by atoms with Crippen molar-refractivity contribution in [2.75, 3.05) is 4.90 Å². The predicted octanol–water partition coefficient (Wildman–Crippen LogP) is 4.44. The van der Waals surface area contributed by atoms with E-state index in [1.807, 2.05) is 30.3 Å². The maximum atomic E-state index is 14.4. The molecule has 0 bridgehead atoms. The molecule has 1 saturated heterocycles.